The van der Waals surface area contributed by atoms with Crippen molar-refractivity contribution in [2.24, 2.45) is 5.73 Å². The average molecular weight is 309 g/mol. The molecule has 2 aromatic heterocycles. The van der Waals surface area contributed by atoms with Gasteiger partial charge in [-0.05, 0) is 49.6 Å². The summed E-state index contributed by atoms with van der Waals surface area (Å²) in [4.78, 5) is 4.52. The number of hydrogen-bond donors (Lipinski definition) is 1. The molecule has 1 aliphatic rings. The lowest BCUT2D eigenvalue weighted by molar-refractivity contribution is 0.372. The van der Waals surface area contributed by atoms with Crippen molar-refractivity contribution < 1.29 is 4.52 Å². The van der Waals surface area contributed by atoms with Crippen LogP contribution in [0.4, 0.5) is 0 Å². The maximum Gasteiger partial charge on any atom is 0.257 e. The second kappa shape index (κ2) is 5.31. The van der Waals surface area contributed by atoms with E-state index in [0.29, 0.717) is 11.7 Å². The third kappa shape index (κ3) is 2.55. The van der Waals surface area contributed by atoms with Gasteiger partial charge in [-0.15, -0.1) is 0 Å². The molecule has 2 N–H and O–H groups in total. The van der Waals surface area contributed by atoms with Crippen molar-refractivity contribution >= 4 is 0 Å². The van der Waals surface area contributed by atoms with Crippen LogP contribution >= 0.6 is 0 Å². The predicted octanol–water partition coefficient (Wildman–Crippen LogP) is 2.96. The molecule has 0 unspecified atom stereocenters. The Labute approximate surface area is 134 Å². The molecular formula is C17H19N5O. The van der Waals surface area contributed by atoms with Crippen LogP contribution in [0.25, 0.3) is 17.1 Å². The molecule has 4 rings (SSSR count). The maximum absolute atomic E-state index is 6.38. The van der Waals surface area contributed by atoms with Crippen LogP contribution in [0.3, 0.4) is 0 Å². The summed E-state index contributed by atoms with van der Waals surface area (Å²) in [7, 11) is 0. The van der Waals surface area contributed by atoms with E-state index >= 15 is 0 Å². The largest absolute Gasteiger partial charge is 0.334 e. The van der Waals surface area contributed by atoms with Gasteiger partial charge in [0.2, 0.25) is 0 Å². The minimum Gasteiger partial charge on any atom is -0.334 e. The molecule has 0 atom stereocenters. The molecule has 1 saturated carbocycles. The van der Waals surface area contributed by atoms with Crippen LogP contribution in [0.2, 0.25) is 0 Å². The van der Waals surface area contributed by atoms with E-state index in [1.807, 2.05) is 48.3 Å². The van der Waals surface area contributed by atoms with E-state index in [-0.39, 0.29) is 0 Å². The first-order chi connectivity index (χ1) is 11.1. The fraction of sp³-hybridized carbons (Fsp3) is 0.353. The predicted molar refractivity (Wildman–Crippen MR) is 85.9 cm³/mol. The van der Waals surface area contributed by atoms with Crippen LogP contribution in [0.15, 0.2) is 41.2 Å². The molecule has 0 radical (unpaired) electrons. The van der Waals surface area contributed by atoms with Crippen LogP contribution < -0.4 is 5.73 Å². The van der Waals surface area contributed by atoms with Gasteiger partial charge in [0.15, 0.2) is 5.82 Å². The summed E-state index contributed by atoms with van der Waals surface area (Å²) in [6.07, 6.45) is 7.91. The second-order valence-corrected chi connectivity index (χ2v) is 6.30. The van der Waals surface area contributed by atoms with Crippen LogP contribution in [-0.2, 0) is 5.54 Å². The van der Waals surface area contributed by atoms with Crippen molar-refractivity contribution in [3.05, 3.63) is 48.0 Å². The lowest BCUT2D eigenvalue weighted by Crippen LogP contribution is -2.34. The summed E-state index contributed by atoms with van der Waals surface area (Å²) in [5, 5.41) is 8.40. The molecule has 0 amide bonds. The molecule has 0 aliphatic heterocycles. The molecule has 2 heterocycles. The van der Waals surface area contributed by atoms with E-state index in [1.165, 1.54) is 0 Å². The van der Waals surface area contributed by atoms with Gasteiger partial charge in [-0.25, -0.2) is 4.68 Å². The van der Waals surface area contributed by atoms with Crippen LogP contribution in [-0.4, -0.2) is 19.9 Å². The highest BCUT2D eigenvalue weighted by molar-refractivity contribution is 5.55. The van der Waals surface area contributed by atoms with Crippen LogP contribution in [0.1, 0.15) is 37.1 Å². The van der Waals surface area contributed by atoms with Crippen LogP contribution in [0, 0.1) is 6.92 Å². The zero-order valence-electron chi connectivity index (χ0n) is 13.1. The number of benzene rings is 1. The van der Waals surface area contributed by atoms with Crippen molar-refractivity contribution in [1.82, 2.24) is 19.9 Å². The molecule has 6 heteroatoms. The molecular weight excluding hydrogens is 290 g/mol. The fourth-order valence-electron chi connectivity index (χ4n) is 3.08. The van der Waals surface area contributed by atoms with E-state index in [9.17, 15) is 0 Å². The summed E-state index contributed by atoms with van der Waals surface area (Å²) >= 11 is 0. The summed E-state index contributed by atoms with van der Waals surface area (Å²) in [5.74, 6) is 1.14. The Morgan fingerprint density at radius 1 is 1.17 bits per heavy atom. The van der Waals surface area contributed by atoms with E-state index in [0.717, 1.165) is 42.5 Å². The van der Waals surface area contributed by atoms with Gasteiger partial charge in [-0.3, -0.25) is 0 Å². The SMILES string of the molecule is Cc1cnn(-c2ccc(-c3nc(C4(N)CCCC4)no3)cc2)c1. The van der Waals surface area contributed by atoms with Crippen LogP contribution in [0.5, 0.6) is 0 Å². The highest BCUT2D eigenvalue weighted by Crippen LogP contribution is 2.35. The molecule has 0 saturated heterocycles. The Bertz CT molecular complexity index is 812. The van der Waals surface area contributed by atoms with Gasteiger partial charge in [0.25, 0.3) is 5.89 Å². The Morgan fingerprint density at radius 3 is 2.57 bits per heavy atom. The van der Waals surface area contributed by atoms with Crippen molar-refractivity contribution in [2.75, 3.05) is 0 Å². The highest BCUT2D eigenvalue weighted by atomic mass is 16.5. The summed E-state index contributed by atoms with van der Waals surface area (Å²) in [6.45, 7) is 2.02. The number of aryl methyl sites for hydroxylation is 1. The van der Waals surface area contributed by atoms with Gasteiger partial charge in [-0.2, -0.15) is 10.1 Å². The van der Waals surface area contributed by atoms with E-state index < -0.39 is 5.54 Å². The van der Waals surface area contributed by atoms with Gasteiger partial charge in [0.05, 0.1) is 17.4 Å². The Hall–Kier alpha value is -2.47. The highest BCUT2D eigenvalue weighted by Gasteiger charge is 2.36. The number of nitrogens with zero attached hydrogens (tertiary/aromatic N) is 4. The number of aromatic nitrogens is 4. The molecule has 1 aliphatic carbocycles. The van der Waals surface area contributed by atoms with Gasteiger partial charge >= 0.3 is 0 Å². The standard InChI is InChI=1S/C17H19N5O/c1-12-10-19-22(11-12)14-6-4-13(5-7-14)15-20-16(21-23-15)17(18)8-2-3-9-17/h4-7,10-11H,2-3,8-9,18H2,1H3. The Balaban J connectivity index is 1.60. The minimum absolute atomic E-state index is 0.422. The first kappa shape index (κ1) is 14.1. The minimum atomic E-state index is -0.422. The van der Waals surface area contributed by atoms with Crippen molar-refractivity contribution in [3.63, 3.8) is 0 Å². The molecule has 1 aromatic carbocycles. The van der Waals surface area contributed by atoms with E-state index in [4.69, 9.17) is 10.3 Å². The Morgan fingerprint density at radius 2 is 1.91 bits per heavy atom. The first-order valence-electron chi connectivity index (χ1n) is 7.89. The lowest BCUT2D eigenvalue weighted by Gasteiger charge is -2.17. The summed E-state index contributed by atoms with van der Waals surface area (Å²) in [5.41, 5.74) is 8.96. The molecule has 3 aromatic rings. The van der Waals surface area contributed by atoms with Gasteiger partial charge < -0.3 is 10.3 Å². The molecule has 0 bridgehead atoms. The Kier molecular flexibility index (Phi) is 3.27. The molecule has 6 nitrogen and oxygen atoms in total. The lowest BCUT2D eigenvalue weighted by atomic mass is 9.99. The molecule has 118 valence electrons. The summed E-state index contributed by atoms with van der Waals surface area (Å²) in [6, 6.07) is 7.89. The second-order valence-electron chi connectivity index (χ2n) is 6.30. The van der Waals surface area contributed by atoms with Crippen molar-refractivity contribution in [1.29, 1.82) is 0 Å². The quantitative estimate of drug-likeness (QED) is 0.804. The summed E-state index contributed by atoms with van der Waals surface area (Å²) < 4.78 is 7.25. The monoisotopic (exact) mass is 309 g/mol. The van der Waals surface area contributed by atoms with Gasteiger partial charge in [0.1, 0.15) is 0 Å². The third-order valence-corrected chi connectivity index (χ3v) is 4.46. The zero-order chi connectivity index (χ0) is 15.9. The van der Waals surface area contributed by atoms with Gasteiger partial charge in [0, 0.05) is 11.8 Å². The normalized spacial score (nSPS) is 16.8. The number of hydrogen-bond acceptors (Lipinski definition) is 5. The fourth-order valence-corrected chi connectivity index (χ4v) is 3.08. The number of rotatable bonds is 3. The van der Waals surface area contributed by atoms with Crippen molar-refractivity contribution in [3.8, 4) is 17.1 Å². The first-order valence-corrected chi connectivity index (χ1v) is 7.89. The van der Waals surface area contributed by atoms with Crippen molar-refractivity contribution in [2.45, 2.75) is 38.1 Å². The molecule has 0 spiro atoms. The van der Waals surface area contributed by atoms with E-state index in [1.54, 1.807) is 0 Å². The maximum atomic E-state index is 6.38. The average Bonchev–Trinajstić information content (AvgIpc) is 3.28. The third-order valence-electron chi connectivity index (χ3n) is 4.46. The topological polar surface area (TPSA) is 82.8 Å². The molecule has 1 fully saturated rings. The number of nitrogens with two attached hydrogens (primary N) is 1. The zero-order valence-corrected chi connectivity index (χ0v) is 13.1. The van der Waals surface area contributed by atoms with E-state index in [2.05, 4.69) is 15.2 Å². The molecule has 23 heavy (non-hydrogen) atoms. The smallest absolute Gasteiger partial charge is 0.257 e. The van der Waals surface area contributed by atoms with Gasteiger partial charge in [-0.1, -0.05) is 18.0 Å².